The van der Waals surface area contributed by atoms with Gasteiger partial charge >= 0.3 is 0 Å². The van der Waals surface area contributed by atoms with Crippen molar-refractivity contribution in [2.75, 3.05) is 13.1 Å². The van der Waals surface area contributed by atoms with Gasteiger partial charge in [-0.2, -0.15) is 4.98 Å². The molecule has 1 saturated heterocycles. The van der Waals surface area contributed by atoms with Crippen LogP contribution in [0.3, 0.4) is 0 Å². The Kier molecular flexibility index (Phi) is 4.25. The van der Waals surface area contributed by atoms with Crippen molar-refractivity contribution in [1.82, 2.24) is 20.4 Å². The molecule has 1 aromatic heterocycles. The van der Waals surface area contributed by atoms with Crippen molar-refractivity contribution in [2.45, 2.75) is 51.2 Å². The Morgan fingerprint density at radius 2 is 1.94 bits per heavy atom. The Hall–Kier alpha value is -0.650. The van der Waals surface area contributed by atoms with Gasteiger partial charge in [0.2, 0.25) is 5.89 Å². The van der Waals surface area contributed by atoms with Gasteiger partial charge < -0.3 is 9.84 Å². The van der Waals surface area contributed by atoms with E-state index in [9.17, 15) is 0 Å². The summed E-state index contributed by atoms with van der Waals surface area (Å²) in [5, 5.41) is 7.60. The molecule has 0 bridgehead atoms. The molecule has 0 aromatic carbocycles. The molecular weight excluding hydrogens is 252 g/mol. The fourth-order valence-electron chi connectivity index (χ4n) is 2.60. The fourth-order valence-corrected chi connectivity index (χ4v) is 2.60. The molecule has 1 aliphatic carbocycles. The average molecular weight is 273 g/mol. The van der Waals surface area contributed by atoms with Crippen molar-refractivity contribution in [3.05, 3.63) is 11.7 Å². The summed E-state index contributed by atoms with van der Waals surface area (Å²) in [5.74, 6) is 2.24. The molecule has 5 nitrogen and oxygen atoms in total. The van der Waals surface area contributed by atoms with Crippen LogP contribution >= 0.6 is 12.4 Å². The highest BCUT2D eigenvalue weighted by atomic mass is 35.5. The van der Waals surface area contributed by atoms with Crippen LogP contribution in [0.1, 0.15) is 44.3 Å². The summed E-state index contributed by atoms with van der Waals surface area (Å²) in [6.45, 7) is 7.35. The lowest BCUT2D eigenvalue weighted by molar-refractivity contribution is 0.161. The Morgan fingerprint density at radius 1 is 1.28 bits per heavy atom. The number of nitrogens with zero attached hydrogens (tertiary/aromatic N) is 3. The smallest absolute Gasteiger partial charge is 0.229 e. The van der Waals surface area contributed by atoms with Gasteiger partial charge in [-0.15, -0.1) is 12.4 Å². The zero-order chi connectivity index (χ0) is 11.8. The molecule has 1 N–H and O–H groups in total. The van der Waals surface area contributed by atoms with Gasteiger partial charge in [0.25, 0.3) is 0 Å². The summed E-state index contributed by atoms with van der Waals surface area (Å²) >= 11 is 0. The first-order chi connectivity index (χ1) is 8.20. The Labute approximate surface area is 114 Å². The van der Waals surface area contributed by atoms with Gasteiger partial charge in [-0.05, 0) is 26.7 Å². The van der Waals surface area contributed by atoms with E-state index in [-0.39, 0.29) is 12.4 Å². The van der Waals surface area contributed by atoms with Gasteiger partial charge in [-0.3, -0.25) is 4.90 Å². The summed E-state index contributed by atoms with van der Waals surface area (Å²) in [7, 11) is 0. The molecule has 2 heterocycles. The van der Waals surface area contributed by atoms with Crippen LogP contribution in [0.4, 0.5) is 0 Å². The number of halogens is 1. The zero-order valence-corrected chi connectivity index (χ0v) is 11.7. The van der Waals surface area contributed by atoms with E-state index in [1.807, 2.05) is 0 Å². The van der Waals surface area contributed by atoms with E-state index in [2.05, 4.69) is 34.2 Å². The van der Waals surface area contributed by atoms with E-state index in [0.717, 1.165) is 31.3 Å². The second-order valence-electron chi connectivity index (χ2n) is 5.49. The largest absolute Gasteiger partial charge is 0.339 e. The Balaban J connectivity index is 0.00000120. The maximum Gasteiger partial charge on any atom is 0.229 e. The topological polar surface area (TPSA) is 54.2 Å². The lowest BCUT2D eigenvalue weighted by atomic mass is 10.1. The van der Waals surface area contributed by atoms with E-state index in [0.29, 0.717) is 18.0 Å². The fraction of sp³-hybridized carbons (Fsp3) is 0.833. The number of nitrogens with one attached hydrogen (secondary N) is 1. The van der Waals surface area contributed by atoms with Gasteiger partial charge in [0, 0.05) is 31.1 Å². The van der Waals surface area contributed by atoms with E-state index in [1.165, 1.54) is 12.8 Å². The molecule has 2 aliphatic rings. The maximum atomic E-state index is 5.28. The highest BCUT2D eigenvalue weighted by Gasteiger charge is 2.30. The highest BCUT2D eigenvalue weighted by molar-refractivity contribution is 5.85. The van der Waals surface area contributed by atoms with E-state index < -0.39 is 0 Å². The summed E-state index contributed by atoms with van der Waals surface area (Å²) in [4.78, 5) is 6.87. The third-order valence-electron chi connectivity index (χ3n) is 3.41. The SMILES string of the molecule is CC1CN(Cc2noc(C3CC3)n2)CC(C)N1.Cl. The van der Waals surface area contributed by atoms with E-state index in [4.69, 9.17) is 4.52 Å². The minimum atomic E-state index is 0. The predicted octanol–water partition coefficient (Wildman–Crippen LogP) is 1.55. The number of hydrogen-bond acceptors (Lipinski definition) is 5. The van der Waals surface area contributed by atoms with Crippen molar-refractivity contribution in [3.63, 3.8) is 0 Å². The number of hydrogen-bond donors (Lipinski definition) is 1. The van der Waals surface area contributed by atoms with Gasteiger partial charge in [0.15, 0.2) is 5.82 Å². The summed E-state index contributed by atoms with van der Waals surface area (Å²) in [5.41, 5.74) is 0. The molecule has 3 rings (SSSR count). The lowest BCUT2D eigenvalue weighted by Gasteiger charge is -2.35. The molecule has 2 fully saturated rings. The third kappa shape index (κ3) is 3.22. The average Bonchev–Trinajstić information content (AvgIpc) is 2.99. The monoisotopic (exact) mass is 272 g/mol. The van der Waals surface area contributed by atoms with Crippen molar-refractivity contribution in [3.8, 4) is 0 Å². The normalized spacial score (nSPS) is 29.0. The molecule has 1 aliphatic heterocycles. The first-order valence-electron chi connectivity index (χ1n) is 6.51. The van der Waals surface area contributed by atoms with Crippen LogP contribution in [0.2, 0.25) is 0 Å². The summed E-state index contributed by atoms with van der Waals surface area (Å²) in [6, 6.07) is 1.07. The first-order valence-corrected chi connectivity index (χ1v) is 6.51. The molecule has 1 saturated carbocycles. The predicted molar refractivity (Wildman–Crippen MR) is 70.9 cm³/mol. The molecule has 0 radical (unpaired) electrons. The van der Waals surface area contributed by atoms with Gasteiger partial charge in [0.1, 0.15) is 0 Å². The van der Waals surface area contributed by atoms with Crippen LogP contribution in [0.15, 0.2) is 4.52 Å². The number of aromatic nitrogens is 2. The van der Waals surface area contributed by atoms with Crippen LogP contribution in [-0.4, -0.2) is 40.2 Å². The minimum absolute atomic E-state index is 0. The van der Waals surface area contributed by atoms with Crippen molar-refractivity contribution >= 4 is 12.4 Å². The molecule has 0 amide bonds. The quantitative estimate of drug-likeness (QED) is 0.905. The maximum absolute atomic E-state index is 5.28. The van der Waals surface area contributed by atoms with Crippen LogP contribution in [0, 0.1) is 0 Å². The second kappa shape index (κ2) is 5.55. The molecule has 1 aromatic rings. The standard InChI is InChI=1S/C12H20N4O.ClH/c1-8-5-16(6-9(2)13-8)7-11-14-12(17-15-11)10-3-4-10;/h8-10,13H,3-7H2,1-2H3;1H. The first kappa shape index (κ1) is 13.8. The molecule has 0 spiro atoms. The highest BCUT2D eigenvalue weighted by Crippen LogP contribution is 2.38. The molecular formula is C12H21ClN4O. The number of piperazine rings is 1. The second-order valence-corrected chi connectivity index (χ2v) is 5.49. The van der Waals surface area contributed by atoms with Crippen LogP contribution in [0.25, 0.3) is 0 Å². The van der Waals surface area contributed by atoms with Crippen LogP contribution in [0.5, 0.6) is 0 Å². The van der Waals surface area contributed by atoms with Crippen LogP contribution in [-0.2, 0) is 6.54 Å². The van der Waals surface area contributed by atoms with Crippen LogP contribution < -0.4 is 5.32 Å². The molecule has 2 atom stereocenters. The molecule has 6 heteroatoms. The molecule has 2 unspecified atom stereocenters. The summed E-state index contributed by atoms with van der Waals surface area (Å²) in [6.07, 6.45) is 2.42. The molecule has 18 heavy (non-hydrogen) atoms. The van der Waals surface area contributed by atoms with Gasteiger partial charge in [-0.25, -0.2) is 0 Å². The zero-order valence-electron chi connectivity index (χ0n) is 10.9. The lowest BCUT2D eigenvalue weighted by Crippen LogP contribution is -2.53. The van der Waals surface area contributed by atoms with Crippen molar-refractivity contribution in [2.24, 2.45) is 0 Å². The minimum Gasteiger partial charge on any atom is -0.339 e. The van der Waals surface area contributed by atoms with Crippen molar-refractivity contribution in [1.29, 1.82) is 0 Å². The van der Waals surface area contributed by atoms with E-state index >= 15 is 0 Å². The van der Waals surface area contributed by atoms with Gasteiger partial charge in [-0.1, -0.05) is 5.16 Å². The van der Waals surface area contributed by atoms with Gasteiger partial charge in [0.05, 0.1) is 6.54 Å². The Bertz CT molecular complexity index is 383. The summed E-state index contributed by atoms with van der Waals surface area (Å²) < 4.78 is 5.28. The van der Waals surface area contributed by atoms with Crippen molar-refractivity contribution < 1.29 is 4.52 Å². The molecule has 102 valence electrons. The third-order valence-corrected chi connectivity index (χ3v) is 3.41. The number of rotatable bonds is 3. The van der Waals surface area contributed by atoms with E-state index in [1.54, 1.807) is 0 Å². The Morgan fingerprint density at radius 3 is 2.56 bits per heavy atom.